The van der Waals surface area contributed by atoms with Gasteiger partial charge < -0.3 is 14.8 Å². The molecule has 0 atom stereocenters. The highest BCUT2D eigenvalue weighted by molar-refractivity contribution is 9.10. The summed E-state index contributed by atoms with van der Waals surface area (Å²) in [7, 11) is 0. The first kappa shape index (κ1) is 21.9. The molecule has 156 valence electrons. The van der Waals surface area contributed by atoms with Gasteiger partial charge in [-0.15, -0.1) is 0 Å². The van der Waals surface area contributed by atoms with Crippen molar-refractivity contribution in [3.05, 3.63) is 86.9 Å². The molecule has 0 saturated heterocycles. The van der Waals surface area contributed by atoms with Crippen LogP contribution in [0.15, 0.2) is 59.1 Å². The highest BCUT2D eigenvalue weighted by atomic mass is 79.9. The van der Waals surface area contributed by atoms with Crippen molar-refractivity contribution in [1.29, 1.82) is 0 Å². The van der Waals surface area contributed by atoms with Gasteiger partial charge >= 0.3 is 0 Å². The highest BCUT2D eigenvalue weighted by Crippen LogP contribution is 2.37. The number of nitrogens with one attached hydrogen (secondary N) is 1. The second kappa shape index (κ2) is 9.81. The molecular weight excluding hydrogens is 442 g/mol. The van der Waals surface area contributed by atoms with Crippen LogP contribution >= 0.6 is 15.9 Å². The quantitative estimate of drug-likeness (QED) is 0.425. The zero-order chi connectivity index (χ0) is 21.7. The van der Waals surface area contributed by atoms with Crippen molar-refractivity contribution >= 4 is 27.5 Å². The Balaban J connectivity index is 1.81. The Morgan fingerprint density at radius 2 is 1.67 bits per heavy atom. The lowest BCUT2D eigenvalue weighted by Crippen LogP contribution is -2.13. The zero-order valence-corrected chi connectivity index (χ0v) is 19.3. The first-order chi connectivity index (χ1) is 14.4. The van der Waals surface area contributed by atoms with E-state index in [-0.39, 0.29) is 5.91 Å². The van der Waals surface area contributed by atoms with Gasteiger partial charge in [0, 0.05) is 11.3 Å². The Hall–Kier alpha value is -2.79. The summed E-state index contributed by atoms with van der Waals surface area (Å²) in [5.74, 6) is 0.911. The molecular formula is C25H26BrNO3. The SMILES string of the molecule is CCOc1cc(C(=O)Nc2ccc(C)c(C)c2)cc(Br)c1OCc1ccc(C)cc1. The third-order valence-corrected chi connectivity index (χ3v) is 5.43. The van der Waals surface area contributed by atoms with Gasteiger partial charge in [-0.2, -0.15) is 0 Å². The predicted molar refractivity (Wildman–Crippen MR) is 125 cm³/mol. The molecule has 30 heavy (non-hydrogen) atoms. The fourth-order valence-corrected chi connectivity index (χ4v) is 3.52. The largest absolute Gasteiger partial charge is 0.490 e. The molecule has 0 heterocycles. The van der Waals surface area contributed by atoms with Crippen LogP contribution in [0.1, 0.15) is 39.5 Å². The van der Waals surface area contributed by atoms with Crippen molar-refractivity contribution in [2.45, 2.75) is 34.3 Å². The van der Waals surface area contributed by atoms with Crippen LogP contribution in [-0.4, -0.2) is 12.5 Å². The lowest BCUT2D eigenvalue weighted by molar-refractivity contribution is 0.102. The minimum absolute atomic E-state index is 0.204. The molecule has 4 nitrogen and oxygen atoms in total. The first-order valence-corrected chi connectivity index (χ1v) is 10.7. The molecule has 3 aromatic carbocycles. The fraction of sp³-hybridized carbons (Fsp3) is 0.240. The van der Waals surface area contributed by atoms with Crippen LogP contribution in [0, 0.1) is 20.8 Å². The number of hydrogen-bond acceptors (Lipinski definition) is 3. The maximum Gasteiger partial charge on any atom is 0.255 e. The van der Waals surface area contributed by atoms with Gasteiger partial charge in [0.15, 0.2) is 11.5 Å². The van der Waals surface area contributed by atoms with E-state index in [1.807, 2.05) is 51.1 Å². The minimum Gasteiger partial charge on any atom is -0.490 e. The molecule has 0 saturated carbocycles. The standard InChI is InChI=1S/C25H26BrNO3/c1-5-29-23-14-20(25(28)27-21-11-8-17(3)18(4)12-21)13-22(26)24(23)30-15-19-9-6-16(2)7-10-19/h6-14H,5,15H2,1-4H3,(H,27,28). The minimum atomic E-state index is -0.204. The average molecular weight is 468 g/mol. The number of anilines is 1. The van der Waals surface area contributed by atoms with Crippen molar-refractivity contribution in [3.8, 4) is 11.5 Å². The Labute approximate surface area is 186 Å². The predicted octanol–water partition coefficient (Wildman–Crippen LogP) is 6.60. The summed E-state index contributed by atoms with van der Waals surface area (Å²) in [5, 5.41) is 2.95. The third kappa shape index (κ3) is 5.42. The number of amides is 1. The molecule has 3 rings (SSSR count). The molecule has 0 aromatic heterocycles. The molecule has 0 fully saturated rings. The maximum absolute atomic E-state index is 12.8. The lowest BCUT2D eigenvalue weighted by Gasteiger charge is -2.16. The summed E-state index contributed by atoms with van der Waals surface area (Å²) in [4.78, 5) is 12.8. The van der Waals surface area contributed by atoms with Crippen LogP contribution in [0.2, 0.25) is 0 Å². The first-order valence-electron chi connectivity index (χ1n) is 9.90. The average Bonchev–Trinajstić information content (AvgIpc) is 2.71. The number of halogens is 1. The second-order valence-corrected chi connectivity index (χ2v) is 8.10. The molecule has 0 spiro atoms. The van der Waals surface area contributed by atoms with Crippen LogP contribution in [0.3, 0.4) is 0 Å². The summed E-state index contributed by atoms with van der Waals surface area (Å²) in [6.07, 6.45) is 0. The molecule has 0 bridgehead atoms. The summed E-state index contributed by atoms with van der Waals surface area (Å²) in [5.41, 5.74) is 5.83. The van der Waals surface area contributed by atoms with Gasteiger partial charge in [0.25, 0.3) is 5.91 Å². The van der Waals surface area contributed by atoms with Crippen molar-refractivity contribution in [2.24, 2.45) is 0 Å². The number of carbonyl (C=O) groups excluding carboxylic acids is 1. The van der Waals surface area contributed by atoms with Gasteiger partial charge in [-0.1, -0.05) is 35.9 Å². The Kier molecular flexibility index (Phi) is 7.16. The number of rotatable bonds is 7. The number of benzene rings is 3. The summed E-state index contributed by atoms with van der Waals surface area (Å²) < 4.78 is 12.5. The summed E-state index contributed by atoms with van der Waals surface area (Å²) in [6.45, 7) is 8.90. The second-order valence-electron chi connectivity index (χ2n) is 7.25. The fourth-order valence-electron chi connectivity index (χ4n) is 2.96. The maximum atomic E-state index is 12.8. The Bertz CT molecular complexity index is 1050. The number of hydrogen-bond donors (Lipinski definition) is 1. The molecule has 1 amide bonds. The highest BCUT2D eigenvalue weighted by Gasteiger charge is 2.17. The van der Waals surface area contributed by atoms with E-state index in [2.05, 4.69) is 40.3 Å². The van der Waals surface area contributed by atoms with Gasteiger partial charge in [0.2, 0.25) is 0 Å². The van der Waals surface area contributed by atoms with E-state index in [0.717, 1.165) is 16.8 Å². The number of ether oxygens (including phenoxy) is 2. The van der Waals surface area contributed by atoms with Crippen LogP contribution in [-0.2, 0) is 6.61 Å². The molecule has 1 N–H and O–H groups in total. The van der Waals surface area contributed by atoms with Crippen LogP contribution in [0.4, 0.5) is 5.69 Å². The van der Waals surface area contributed by atoms with Gasteiger partial charge in [-0.3, -0.25) is 4.79 Å². The Morgan fingerprint density at radius 1 is 0.933 bits per heavy atom. The number of carbonyl (C=O) groups is 1. The summed E-state index contributed by atoms with van der Waals surface area (Å²) in [6, 6.07) is 17.5. The summed E-state index contributed by atoms with van der Waals surface area (Å²) >= 11 is 3.54. The zero-order valence-electron chi connectivity index (χ0n) is 17.7. The van der Waals surface area contributed by atoms with E-state index in [0.29, 0.717) is 34.7 Å². The topological polar surface area (TPSA) is 47.6 Å². The van der Waals surface area contributed by atoms with Gasteiger partial charge in [0.05, 0.1) is 11.1 Å². The van der Waals surface area contributed by atoms with Gasteiger partial charge in [-0.25, -0.2) is 0 Å². The third-order valence-electron chi connectivity index (χ3n) is 4.84. The van der Waals surface area contributed by atoms with Gasteiger partial charge in [0.1, 0.15) is 6.61 Å². The lowest BCUT2D eigenvalue weighted by atomic mass is 10.1. The van der Waals surface area contributed by atoms with E-state index < -0.39 is 0 Å². The van der Waals surface area contributed by atoms with E-state index >= 15 is 0 Å². The molecule has 5 heteroatoms. The Morgan fingerprint density at radius 3 is 2.33 bits per heavy atom. The van der Waals surface area contributed by atoms with E-state index in [4.69, 9.17) is 9.47 Å². The van der Waals surface area contributed by atoms with E-state index in [1.165, 1.54) is 11.1 Å². The molecule has 3 aromatic rings. The van der Waals surface area contributed by atoms with Crippen molar-refractivity contribution in [1.82, 2.24) is 0 Å². The normalized spacial score (nSPS) is 10.6. The molecule has 0 aliphatic carbocycles. The van der Waals surface area contributed by atoms with Crippen molar-refractivity contribution in [2.75, 3.05) is 11.9 Å². The monoisotopic (exact) mass is 467 g/mol. The van der Waals surface area contributed by atoms with Crippen molar-refractivity contribution in [3.63, 3.8) is 0 Å². The van der Waals surface area contributed by atoms with Crippen molar-refractivity contribution < 1.29 is 14.3 Å². The van der Waals surface area contributed by atoms with Crippen LogP contribution < -0.4 is 14.8 Å². The number of aryl methyl sites for hydroxylation is 3. The molecule has 0 aliphatic heterocycles. The molecule has 0 aliphatic rings. The smallest absolute Gasteiger partial charge is 0.255 e. The molecule has 0 radical (unpaired) electrons. The van der Waals surface area contributed by atoms with Gasteiger partial charge in [-0.05, 0) is 84.6 Å². The van der Waals surface area contributed by atoms with E-state index in [9.17, 15) is 4.79 Å². The van der Waals surface area contributed by atoms with Crippen LogP contribution in [0.25, 0.3) is 0 Å². The molecule has 0 unspecified atom stereocenters. The van der Waals surface area contributed by atoms with E-state index in [1.54, 1.807) is 12.1 Å². The van der Waals surface area contributed by atoms with Crippen LogP contribution in [0.5, 0.6) is 11.5 Å².